The van der Waals surface area contributed by atoms with Gasteiger partial charge in [-0.2, -0.15) is 0 Å². The summed E-state index contributed by atoms with van der Waals surface area (Å²) in [7, 11) is 3.31. The number of methoxy groups -OCH3 is 2. The van der Waals surface area contributed by atoms with Gasteiger partial charge in [-0.1, -0.05) is 0 Å². The molecule has 14 heavy (non-hydrogen) atoms. The average molecular weight is 195 g/mol. The summed E-state index contributed by atoms with van der Waals surface area (Å²) in [5.74, 6) is 1.66. The summed E-state index contributed by atoms with van der Waals surface area (Å²) in [6, 6.07) is 5.89. The van der Waals surface area contributed by atoms with Gasteiger partial charge in [0.25, 0.3) is 0 Å². The fourth-order valence-corrected chi connectivity index (χ4v) is 1.32. The van der Waals surface area contributed by atoms with Crippen LogP contribution in [-0.4, -0.2) is 20.8 Å². The zero-order valence-electron chi connectivity index (χ0n) is 8.75. The van der Waals surface area contributed by atoms with Crippen LogP contribution in [0.1, 0.15) is 12.0 Å². The molecule has 2 N–H and O–H groups in total. The van der Waals surface area contributed by atoms with E-state index in [1.165, 1.54) is 5.56 Å². The molecule has 78 valence electrons. The predicted octanol–water partition coefficient (Wildman–Crippen LogP) is 1.60. The Balaban J connectivity index is 2.81. The van der Waals surface area contributed by atoms with Crippen molar-refractivity contribution in [2.45, 2.75) is 12.8 Å². The first-order valence-corrected chi connectivity index (χ1v) is 4.72. The second-order valence-electron chi connectivity index (χ2n) is 3.11. The second-order valence-corrected chi connectivity index (χ2v) is 3.11. The summed E-state index contributed by atoms with van der Waals surface area (Å²) in [6.07, 6.45) is 1.94. The average Bonchev–Trinajstić information content (AvgIpc) is 2.25. The van der Waals surface area contributed by atoms with Crippen LogP contribution >= 0.6 is 0 Å². The molecule has 0 spiro atoms. The van der Waals surface area contributed by atoms with Gasteiger partial charge >= 0.3 is 0 Å². The van der Waals surface area contributed by atoms with Crippen LogP contribution in [0, 0.1) is 0 Å². The number of aryl methyl sites for hydroxylation is 1. The maximum Gasteiger partial charge on any atom is 0.122 e. The third kappa shape index (κ3) is 2.92. The molecule has 0 aliphatic heterocycles. The first-order valence-electron chi connectivity index (χ1n) is 4.72. The quantitative estimate of drug-likeness (QED) is 0.776. The molecule has 0 aliphatic carbocycles. The molecule has 0 heterocycles. The van der Waals surface area contributed by atoms with Gasteiger partial charge in [-0.05, 0) is 37.1 Å². The van der Waals surface area contributed by atoms with E-state index in [4.69, 9.17) is 15.2 Å². The van der Waals surface area contributed by atoms with Crippen molar-refractivity contribution in [2.75, 3.05) is 20.8 Å². The fourth-order valence-electron chi connectivity index (χ4n) is 1.32. The topological polar surface area (TPSA) is 44.5 Å². The van der Waals surface area contributed by atoms with E-state index >= 15 is 0 Å². The van der Waals surface area contributed by atoms with Crippen LogP contribution in [0.5, 0.6) is 11.5 Å². The van der Waals surface area contributed by atoms with Gasteiger partial charge in [0.15, 0.2) is 0 Å². The maximum atomic E-state index is 5.45. The Hall–Kier alpha value is -1.22. The van der Waals surface area contributed by atoms with Gasteiger partial charge in [0.2, 0.25) is 0 Å². The van der Waals surface area contributed by atoms with Gasteiger partial charge in [-0.3, -0.25) is 0 Å². The van der Waals surface area contributed by atoms with Crippen molar-refractivity contribution in [1.82, 2.24) is 0 Å². The normalized spacial score (nSPS) is 9.93. The van der Waals surface area contributed by atoms with E-state index in [1.807, 2.05) is 18.2 Å². The molecule has 1 rings (SSSR count). The molecule has 3 heteroatoms. The van der Waals surface area contributed by atoms with E-state index in [9.17, 15) is 0 Å². The highest BCUT2D eigenvalue weighted by atomic mass is 16.5. The number of nitrogens with two attached hydrogens (primary N) is 1. The summed E-state index contributed by atoms with van der Waals surface area (Å²) < 4.78 is 10.3. The van der Waals surface area contributed by atoms with E-state index in [1.54, 1.807) is 14.2 Å². The van der Waals surface area contributed by atoms with Crippen molar-refractivity contribution < 1.29 is 9.47 Å². The van der Waals surface area contributed by atoms with E-state index in [0.717, 1.165) is 24.3 Å². The van der Waals surface area contributed by atoms with Crippen LogP contribution in [0.15, 0.2) is 18.2 Å². The zero-order valence-corrected chi connectivity index (χ0v) is 8.75. The lowest BCUT2D eigenvalue weighted by Crippen LogP contribution is -2.00. The number of hydrogen-bond donors (Lipinski definition) is 1. The molecule has 0 bridgehead atoms. The van der Waals surface area contributed by atoms with Crippen LogP contribution in [-0.2, 0) is 6.42 Å². The van der Waals surface area contributed by atoms with Gasteiger partial charge in [0.1, 0.15) is 11.5 Å². The largest absolute Gasteiger partial charge is 0.497 e. The molecule has 0 unspecified atom stereocenters. The Morgan fingerprint density at radius 3 is 2.07 bits per heavy atom. The third-order valence-electron chi connectivity index (χ3n) is 2.08. The lowest BCUT2D eigenvalue weighted by molar-refractivity contribution is 0.393. The van der Waals surface area contributed by atoms with Crippen LogP contribution in [0.25, 0.3) is 0 Å². The van der Waals surface area contributed by atoms with Crippen molar-refractivity contribution in [1.29, 1.82) is 0 Å². The highest BCUT2D eigenvalue weighted by Gasteiger charge is 2.00. The van der Waals surface area contributed by atoms with E-state index in [2.05, 4.69) is 0 Å². The van der Waals surface area contributed by atoms with Crippen molar-refractivity contribution in [3.63, 3.8) is 0 Å². The van der Waals surface area contributed by atoms with Crippen molar-refractivity contribution in [3.8, 4) is 11.5 Å². The predicted molar refractivity (Wildman–Crippen MR) is 56.9 cm³/mol. The van der Waals surface area contributed by atoms with Crippen molar-refractivity contribution in [3.05, 3.63) is 23.8 Å². The Kier molecular flexibility index (Phi) is 4.26. The first-order chi connectivity index (χ1) is 6.80. The molecular weight excluding hydrogens is 178 g/mol. The number of hydrogen-bond acceptors (Lipinski definition) is 3. The van der Waals surface area contributed by atoms with E-state index < -0.39 is 0 Å². The van der Waals surface area contributed by atoms with Gasteiger partial charge in [0.05, 0.1) is 14.2 Å². The van der Waals surface area contributed by atoms with Crippen LogP contribution in [0.2, 0.25) is 0 Å². The van der Waals surface area contributed by atoms with Crippen molar-refractivity contribution >= 4 is 0 Å². The van der Waals surface area contributed by atoms with Gasteiger partial charge < -0.3 is 15.2 Å². The Bertz CT molecular complexity index is 264. The Morgan fingerprint density at radius 1 is 1.07 bits per heavy atom. The summed E-state index contributed by atoms with van der Waals surface area (Å²) >= 11 is 0. The maximum absolute atomic E-state index is 5.45. The molecule has 0 saturated heterocycles. The van der Waals surface area contributed by atoms with Gasteiger partial charge in [0, 0.05) is 6.07 Å². The molecule has 0 aromatic heterocycles. The molecule has 1 aromatic carbocycles. The molecule has 0 amide bonds. The lowest BCUT2D eigenvalue weighted by Gasteiger charge is -2.07. The highest BCUT2D eigenvalue weighted by molar-refractivity contribution is 5.38. The number of benzene rings is 1. The van der Waals surface area contributed by atoms with Crippen LogP contribution < -0.4 is 15.2 Å². The zero-order chi connectivity index (χ0) is 10.4. The lowest BCUT2D eigenvalue weighted by atomic mass is 10.1. The third-order valence-corrected chi connectivity index (χ3v) is 2.08. The molecule has 0 atom stereocenters. The molecule has 0 saturated carbocycles. The van der Waals surface area contributed by atoms with Gasteiger partial charge in [-0.25, -0.2) is 0 Å². The summed E-state index contributed by atoms with van der Waals surface area (Å²) in [5, 5.41) is 0. The fraction of sp³-hybridized carbons (Fsp3) is 0.455. The highest BCUT2D eigenvalue weighted by Crippen LogP contribution is 2.22. The molecule has 0 aliphatic rings. The van der Waals surface area contributed by atoms with Crippen molar-refractivity contribution in [2.24, 2.45) is 5.73 Å². The Labute approximate surface area is 84.8 Å². The summed E-state index contributed by atoms with van der Waals surface area (Å²) in [6.45, 7) is 0.708. The molecular formula is C11H17NO2. The van der Waals surface area contributed by atoms with E-state index in [0.29, 0.717) is 6.54 Å². The van der Waals surface area contributed by atoms with Crippen LogP contribution in [0.3, 0.4) is 0 Å². The minimum Gasteiger partial charge on any atom is -0.497 e. The number of ether oxygens (including phenoxy) is 2. The SMILES string of the molecule is COc1cc(CCCN)cc(OC)c1. The minimum absolute atomic E-state index is 0.708. The standard InChI is InChI=1S/C11H17NO2/c1-13-10-6-9(4-3-5-12)7-11(8-10)14-2/h6-8H,3-5,12H2,1-2H3. The Morgan fingerprint density at radius 2 is 1.64 bits per heavy atom. The molecule has 3 nitrogen and oxygen atoms in total. The van der Waals surface area contributed by atoms with E-state index in [-0.39, 0.29) is 0 Å². The second kappa shape index (κ2) is 5.50. The van der Waals surface area contributed by atoms with Gasteiger partial charge in [-0.15, -0.1) is 0 Å². The smallest absolute Gasteiger partial charge is 0.122 e. The minimum atomic E-state index is 0.708. The van der Waals surface area contributed by atoms with Crippen LogP contribution in [0.4, 0.5) is 0 Å². The number of rotatable bonds is 5. The molecule has 1 aromatic rings. The molecule has 0 fully saturated rings. The molecule has 0 radical (unpaired) electrons. The monoisotopic (exact) mass is 195 g/mol. The summed E-state index contributed by atoms with van der Waals surface area (Å²) in [4.78, 5) is 0. The first kappa shape index (κ1) is 10.9. The summed E-state index contributed by atoms with van der Waals surface area (Å²) in [5.41, 5.74) is 6.66.